The molecule has 7 nitrogen and oxygen atoms in total. The van der Waals surface area contributed by atoms with Gasteiger partial charge in [-0.3, -0.25) is 9.20 Å². The van der Waals surface area contributed by atoms with Crippen molar-refractivity contribution in [3.63, 3.8) is 0 Å². The Balaban J connectivity index is 1.21. The number of rotatable bonds is 7. The Labute approximate surface area is 153 Å². The van der Waals surface area contributed by atoms with Crippen molar-refractivity contribution in [3.05, 3.63) is 59.5 Å². The van der Waals surface area contributed by atoms with E-state index in [-0.39, 0.29) is 12.5 Å². The van der Waals surface area contributed by atoms with Crippen molar-refractivity contribution in [1.82, 2.24) is 24.9 Å². The van der Waals surface area contributed by atoms with E-state index in [1.807, 2.05) is 53.1 Å². The maximum absolute atomic E-state index is 11.9. The zero-order valence-corrected chi connectivity index (χ0v) is 14.8. The molecule has 1 N–H and O–H groups in total. The maximum atomic E-state index is 11.9. The van der Waals surface area contributed by atoms with Gasteiger partial charge in [0.05, 0.1) is 16.8 Å². The van der Waals surface area contributed by atoms with Crippen molar-refractivity contribution in [2.24, 2.45) is 0 Å². The highest BCUT2D eigenvalue weighted by Gasteiger charge is 2.07. The van der Waals surface area contributed by atoms with Crippen LogP contribution < -0.4 is 5.32 Å². The summed E-state index contributed by atoms with van der Waals surface area (Å²) in [5.41, 5.74) is 1.76. The van der Waals surface area contributed by atoms with E-state index in [0.717, 1.165) is 26.7 Å². The second-order valence-electron chi connectivity index (χ2n) is 5.71. The third kappa shape index (κ3) is 3.71. The third-order valence-corrected chi connectivity index (χ3v) is 4.86. The van der Waals surface area contributed by atoms with Gasteiger partial charge in [0, 0.05) is 19.2 Å². The van der Waals surface area contributed by atoms with Gasteiger partial charge in [-0.25, -0.2) is 4.98 Å². The van der Waals surface area contributed by atoms with Crippen molar-refractivity contribution >= 4 is 33.1 Å². The largest absolute Gasteiger partial charge is 0.364 e. The number of fused-ring (bicyclic) bond motifs is 2. The maximum Gasteiger partial charge on any atom is 0.246 e. The lowest BCUT2D eigenvalue weighted by Crippen LogP contribution is -2.29. The Morgan fingerprint density at radius 2 is 2.04 bits per heavy atom. The Bertz CT molecular complexity index is 1010. The summed E-state index contributed by atoms with van der Waals surface area (Å²) in [4.78, 5) is 16.4. The molecule has 0 atom stereocenters. The molecule has 26 heavy (non-hydrogen) atoms. The van der Waals surface area contributed by atoms with Crippen LogP contribution in [0, 0.1) is 0 Å². The van der Waals surface area contributed by atoms with Gasteiger partial charge in [0.15, 0.2) is 5.65 Å². The lowest BCUT2D eigenvalue weighted by Gasteiger charge is -2.05. The van der Waals surface area contributed by atoms with Gasteiger partial charge in [-0.1, -0.05) is 18.2 Å². The molecule has 4 aromatic rings. The van der Waals surface area contributed by atoms with Gasteiger partial charge < -0.3 is 10.1 Å². The van der Waals surface area contributed by atoms with Crippen LogP contribution in [-0.4, -0.2) is 38.6 Å². The highest BCUT2D eigenvalue weighted by Crippen LogP contribution is 2.21. The standard InChI is InChI=1S/C18H17N5O2S/c24-17(11-25-12-18-20-13-5-1-2-6-14(13)26-18)19-9-8-16-22-21-15-7-3-4-10-23(15)16/h1-7,10H,8-9,11-12H2,(H,19,24). The molecule has 8 heteroatoms. The molecule has 1 aromatic carbocycles. The first-order chi connectivity index (χ1) is 12.8. The number of ether oxygens (including phenoxy) is 1. The number of aromatic nitrogens is 4. The van der Waals surface area contributed by atoms with Crippen molar-refractivity contribution in [3.8, 4) is 0 Å². The Kier molecular flexibility index (Phi) is 4.85. The van der Waals surface area contributed by atoms with E-state index in [4.69, 9.17) is 4.74 Å². The summed E-state index contributed by atoms with van der Waals surface area (Å²) in [6, 6.07) is 13.7. The predicted molar refractivity (Wildman–Crippen MR) is 99.0 cm³/mol. The lowest BCUT2D eigenvalue weighted by atomic mass is 10.3. The summed E-state index contributed by atoms with van der Waals surface area (Å²) in [6.45, 7) is 0.830. The minimum absolute atomic E-state index is 0.0104. The minimum atomic E-state index is -0.153. The van der Waals surface area contributed by atoms with Crippen LogP contribution in [0.5, 0.6) is 0 Å². The molecule has 0 saturated heterocycles. The van der Waals surface area contributed by atoms with Crippen molar-refractivity contribution < 1.29 is 9.53 Å². The lowest BCUT2D eigenvalue weighted by molar-refractivity contribution is -0.126. The number of nitrogens with zero attached hydrogens (tertiary/aromatic N) is 4. The predicted octanol–water partition coefficient (Wildman–Crippen LogP) is 2.21. The molecular weight excluding hydrogens is 350 g/mol. The number of amides is 1. The van der Waals surface area contributed by atoms with E-state index in [1.165, 1.54) is 0 Å². The van der Waals surface area contributed by atoms with Gasteiger partial charge in [0.25, 0.3) is 0 Å². The quantitative estimate of drug-likeness (QED) is 0.542. The molecule has 0 saturated carbocycles. The molecule has 132 valence electrons. The average Bonchev–Trinajstić information content (AvgIpc) is 3.25. The van der Waals surface area contributed by atoms with Gasteiger partial charge in [-0.05, 0) is 24.3 Å². The number of carbonyl (C=O) groups is 1. The molecule has 0 fully saturated rings. The summed E-state index contributed by atoms with van der Waals surface area (Å²) in [5, 5.41) is 11.9. The van der Waals surface area contributed by atoms with Crippen LogP contribution in [0.25, 0.3) is 15.9 Å². The van der Waals surface area contributed by atoms with Gasteiger partial charge in [0.1, 0.15) is 17.4 Å². The molecule has 3 aromatic heterocycles. The number of thiazole rings is 1. The molecule has 0 unspecified atom stereocenters. The molecule has 0 aliphatic rings. The second-order valence-corrected chi connectivity index (χ2v) is 6.83. The highest BCUT2D eigenvalue weighted by molar-refractivity contribution is 7.18. The molecule has 0 bridgehead atoms. The van der Waals surface area contributed by atoms with Crippen LogP contribution in [-0.2, 0) is 22.6 Å². The SMILES string of the molecule is O=C(COCc1nc2ccccc2s1)NCCc1nnc2ccccn12. The van der Waals surface area contributed by atoms with Crippen LogP contribution in [0.4, 0.5) is 0 Å². The molecule has 0 radical (unpaired) electrons. The average molecular weight is 367 g/mol. The fraction of sp³-hybridized carbons (Fsp3) is 0.222. The molecule has 0 aliphatic heterocycles. The van der Waals surface area contributed by atoms with E-state index in [9.17, 15) is 4.79 Å². The summed E-state index contributed by atoms with van der Waals surface area (Å²) in [5.74, 6) is 0.663. The first-order valence-electron chi connectivity index (χ1n) is 8.27. The monoisotopic (exact) mass is 367 g/mol. The zero-order chi connectivity index (χ0) is 17.8. The normalized spacial score (nSPS) is 11.2. The zero-order valence-electron chi connectivity index (χ0n) is 14.0. The summed E-state index contributed by atoms with van der Waals surface area (Å²) < 4.78 is 8.51. The highest BCUT2D eigenvalue weighted by atomic mass is 32.1. The number of pyridine rings is 1. The van der Waals surface area contributed by atoms with E-state index in [1.54, 1.807) is 11.3 Å². The first kappa shape index (κ1) is 16.6. The van der Waals surface area contributed by atoms with Crippen molar-refractivity contribution in [2.75, 3.05) is 13.2 Å². The number of carbonyl (C=O) groups excluding carboxylic acids is 1. The summed E-state index contributed by atoms with van der Waals surface area (Å²) >= 11 is 1.58. The third-order valence-electron chi connectivity index (χ3n) is 3.85. The first-order valence-corrected chi connectivity index (χ1v) is 9.09. The van der Waals surface area contributed by atoms with Gasteiger partial charge in [-0.15, -0.1) is 21.5 Å². The number of para-hydroxylation sites is 1. The molecular formula is C18H17N5O2S. The Hall–Kier alpha value is -2.84. The van der Waals surface area contributed by atoms with Crippen molar-refractivity contribution in [1.29, 1.82) is 0 Å². The second kappa shape index (κ2) is 7.59. The van der Waals surface area contributed by atoms with E-state index < -0.39 is 0 Å². The fourth-order valence-corrected chi connectivity index (χ4v) is 3.54. The minimum Gasteiger partial charge on any atom is -0.364 e. The van der Waals surface area contributed by atoms with Crippen molar-refractivity contribution in [2.45, 2.75) is 13.0 Å². The van der Waals surface area contributed by atoms with Crippen LogP contribution in [0.2, 0.25) is 0 Å². The Morgan fingerprint density at radius 1 is 1.15 bits per heavy atom. The van der Waals surface area contributed by atoms with Crippen LogP contribution in [0.1, 0.15) is 10.8 Å². The summed E-state index contributed by atoms with van der Waals surface area (Å²) in [7, 11) is 0. The van der Waals surface area contributed by atoms with Gasteiger partial charge >= 0.3 is 0 Å². The number of benzene rings is 1. The molecule has 4 rings (SSSR count). The number of hydrogen-bond donors (Lipinski definition) is 1. The Morgan fingerprint density at radius 3 is 2.96 bits per heavy atom. The molecule has 0 spiro atoms. The topological polar surface area (TPSA) is 81.4 Å². The van der Waals surface area contributed by atoms with Crippen LogP contribution in [0.3, 0.4) is 0 Å². The van der Waals surface area contributed by atoms with Gasteiger partial charge in [-0.2, -0.15) is 0 Å². The molecule has 1 amide bonds. The fourth-order valence-electron chi connectivity index (χ4n) is 2.64. The van der Waals surface area contributed by atoms with Gasteiger partial charge in [0.2, 0.25) is 5.91 Å². The van der Waals surface area contributed by atoms with E-state index in [2.05, 4.69) is 20.5 Å². The van der Waals surface area contributed by atoms with E-state index in [0.29, 0.717) is 19.6 Å². The number of hydrogen-bond acceptors (Lipinski definition) is 6. The van der Waals surface area contributed by atoms with Crippen LogP contribution >= 0.6 is 11.3 Å². The summed E-state index contributed by atoms with van der Waals surface area (Å²) in [6.07, 6.45) is 2.52. The molecule has 3 heterocycles. The smallest absolute Gasteiger partial charge is 0.246 e. The van der Waals surface area contributed by atoms with Crippen LogP contribution in [0.15, 0.2) is 48.7 Å². The number of nitrogens with one attached hydrogen (secondary N) is 1. The molecule has 0 aliphatic carbocycles. The van der Waals surface area contributed by atoms with E-state index >= 15 is 0 Å².